The average Bonchev–Trinajstić information content (AvgIpc) is 2.38. The standard InChI is InChI=1S/C16H26ClNO/c1-4-5-6-11-18-15(12(2)3)16(19)13-7-9-14(17)10-8-13/h7-10,12,15-16,18-19H,4-6,11H2,1-3H3. The van der Waals surface area contributed by atoms with Crippen molar-refractivity contribution in [1.82, 2.24) is 5.32 Å². The first-order chi connectivity index (χ1) is 9.06. The molecule has 2 atom stereocenters. The van der Waals surface area contributed by atoms with Crippen LogP contribution in [0.1, 0.15) is 51.7 Å². The van der Waals surface area contributed by atoms with E-state index in [1.807, 2.05) is 24.3 Å². The number of hydrogen-bond donors (Lipinski definition) is 2. The zero-order chi connectivity index (χ0) is 14.3. The Morgan fingerprint density at radius 1 is 1.16 bits per heavy atom. The molecule has 0 radical (unpaired) electrons. The summed E-state index contributed by atoms with van der Waals surface area (Å²) in [5, 5.41) is 14.7. The summed E-state index contributed by atoms with van der Waals surface area (Å²) in [7, 11) is 0. The van der Waals surface area contributed by atoms with Crippen molar-refractivity contribution in [2.75, 3.05) is 6.54 Å². The van der Waals surface area contributed by atoms with Crippen molar-refractivity contribution in [3.63, 3.8) is 0 Å². The molecule has 0 aromatic heterocycles. The van der Waals surface area contributed by atoms with E-state index in [9.17, 15) is 5.11 Å². The van der Waals surface area contributed by atoms with Crippen LogP contribution in [0.2, 0.25) is 5.02 Å². The predicted octanol–water partition coefficient (Wildman–Crippen LogP) is 4.18. The van der Waals surface area contributed by atoms with Gasteiger partial charge in [0.25, 0.3) is 0 Å². The van der Waals surface area contributed by atoms with E-state index in [1.54, 1.807) is 0 Å². The SMILES string of the molecule is CCCCCNC(C(C)C)C(O)c1ccc(Cl)cc1. The number of hydrogen-bond acceptors (Lipinski definition) is 2. The smallest absolute Gasteiger partial charge is 0.0945 e. The molecule has 1 aromatic carbocycles. The van der Waals surface area contributed by atoms with Crippen molar-refractivity contribution in [3.8, 4) is 0 Å². The Hall–Kier alpha value is -0.570. The summed E-state index contributed by atoms with van der Waals surface area (Å²) >= 11 is 5.88. The van der Waals surface area contributed by atoms with E-state index in [-0.39, 0.29) is 6.04 Å². The van der Waals surface area contributed by atoms with Crippen LogP contribution in [0.15, 0.2) is 24.3 Å². The summed E-state index contributed by atoms with van der Waals surface area (Å²) in [5.74, 6) is 0.382. The van der Waals surface area contributed by atoms with E-state index in [0.717, 1.165) is 18.5 Å². The van der Waals surface area contributed by atoms with Crippen LogP contribution in [0.4, 0.5) is 0 Å². The maximum atomic E-state index is 10.5. The highest BCUT2D eigenvalue weighted by atomic mass is 35.5. The highest BCUT2D eigenvalue weighted by molar-refractivity contribution is 6.30. The van der Waals surface area contributed by atoms with Gasteiger partial charge in [-0.15, -0.1) is 0 Å². The molecule has 0 saturated heterocycles. The van der Waals surface area contributed by atoms with Gasteiger partial charge in [0.05, 0.1) is 6.10 Å². The van der Waals surface area contributed by atoms with Crippen LogP contribution in [-0.2, 0) is 0 Å². The predicted molar refractivity (Wildman–Crippen MR) is 82.6 cm³/mol. The van der Waals surface area contributed by atoms with E-state index in [4.69, 9.17) is 11.6 Å². The zero-order valence-electron chi connectivity index (χ0n) is 12.2. The fraction of sp³-hybridized carbons (Fsp3) is 0.625. The average molecular weight is 284 g/mol. The minimum atomic E-state index is -0.487. The number of aliphatic hydroxyl groups excluding tert-OH is 1. The molecular weight excluding hydrogens is 258 g/mol. The van der Waals surface area contributed by atoms with Crippen molar-refractivity contribution < 1.29 is 5.11 Å². The third-order valence-electron chi connectivity index (χ3n) is 3.43. The first-order valence-electron chi connectivity index (χ1n) is 7.23. The van der Waals surface area contributed by atoms with Gasteiger partial charge in [-0.3, -0.25) is 0 Å². The molecule has 19 heavy (non-hydrogen) atoms. The summed E-state index contributed by atoms with van der Waals surface area (Å²) in [4.78, 5) is 0. The lowest BCUT2D eigenvalue weighted by atomic mass is 9.93. The van der Waals surface area contributed by atoms with E-state index in [2.05, 4.69) is 26.1 Å². The van der Waals surface area contributed by atoms with Crippen LogP contribution < -0.4 is 5.32 Å². The number of rotatable bonds is 8. The van der Waals surface area contributed by atoms with Gasteiger partial charge in [0, 0.05) is 11.1 Å². The number of benzene rings is 1. The Labute approximate surface area is 122 Å². The molecule has 1 aromatic rings. The van der Waals surface area contributed by atoms with E-state index < -0.39 is 6.10 Å². The van der Waals surface area contributed by atoms with E-state index in [0.29, 0.717) is 10.9 Å². The molecule has 0 aliphatic carbocycles. The van der Waals surface area contributed by atoms with Gasteiger partial charge in [-0.05, 0) is 36.6 Å². The Bertz CT molecular complexity index is 350. The molecular formula is C16H26ClNO. The third kappa shape index (κ3) is 5.52. The Morgan fingerprint density at radius 2 is 1.79 bits per heavy atom. The van der Waals surface area contributed by atoms with Crippen LogP contribution in [0.5, 0.6) is 0 Å². The molecule has 0 aliphatic heterocycles. The second-order valence-electron chi connectivity index (χ2n) is 5.43. The van der Waals surface area contributed by atoms with Crippen molar-refractivity contribution >= 4 is 11.6 Å². The quantitative estimate of drug-likeness (QED) is 0.702. The van der Waals surface area contributed by atoms with Crippen LogP contribution in [0.25, 0.3) is 0 Å². The number of nitrogens with one attached hydrogen (secondary N) is 1. The van der Waals surface area contributed by atoms with Gasteiger partial charge in [0.1, 0.15) is 0 Å². The Balaban J connectivity index is 2.61. The minimum absolute atomic E-state index is 0.0815. The first kappa shape index (κ1) is 16.5. The molecule has 0 amide bonds. The summed E-state index contributed by atoms with van der Waals surface area (Å²) in [5.41, 5.74) is 0.922. The van der Waals surface area contributed by atoms with Crippen molar-refractivity contribution in [2.45, 2.75) is 52.2 Å². The maximum absolute atomic E-state index is 10.5. The summed E-state index contributed by atoms with van der Waals surface area (Å²) in [6.07, 6.45) is 3.12. The fourth-order valence-corrected chi connectivity index (χ4v) is 2.35. The lowest BCUT2D eigenvalue weighted by molar-refractivity contribution is 0.105. The molecule has 0 spiro atoms. The fourth-order valence-electron chi connectivity index (χ4n) is 2.22. The van der Waals surface area contributed by atoms with Crippen molar-refractivity contribution in [1.29, 1.82) is 0 Å². The number of aliphatic hydroxyl groups is 1. The van der Waals surface area contributed by atoms with Crippen LogP contribution in [-0.4, -0.2) is 17.7 Å². The Kier molecular flexibility index (Phi) is 7.44. The van der Waals surface area contributed by atoms with Gasteiger partial charge in [0.15, 0.2) is 0 Å². The van der Waals surface area contributed by atoms with Gasteiger partial charge >= 0.3 is 0 Å². The Morgan fingerprint density at radius 3 is 2.32 bits per heavy atom. The molecule has 2 unspecified atom stereocenters. The van der Waals surface area contributed by atoms with Gasteiger partial charge in [0.2, 0.25) is 0 Å². The first-order valence-corrected chi connectivity index (χ1v) is 7.61. The molecule has 108 valence electrons. The van der Waals surface area contributed by atoms with Gasteiger partial charge in [-0.2, -0.15) is 0 Å². The van der Waals surface area contributed by atoms with Crippen molar-refractivity contribution in [2.24, 2.45) is 5.92 Å². The molecule has 0 bridgehead atoms. The molecule has 3 heteroatoms. The minimum Gasteiger partial charge on any atom is -0.387 e. The largest absolute Gasteiger partial charge is 0.387 e. The normalized spacial score (nSPS) is 14.6. The molecule has 1 rings (SSSR count). The van der Waals surface area contributed by atoms with E-state index in [1.165, 1.54) is 12.8 Å². The number of halogens is 1. The molecule has 2 N–H and O–H groups in total. The second kappa shape index (κ2) is 8.57. The second-order valence-corrected chi connectivity index (χ2v) is 5.86. The maximum Gasteiger partial charge on any atom is 0.0945 e. The molecule has 0 aliphatic rings. The van der Waals surface area contributed by atoms with E-state index >= 15 is 0 Å². The molecule has 0 fully saturated rings. The summed E-state index contributed by atoms with van der Waals surface area (Å²) in [6.45, 7) is 7.43. The molecule has 0 heterocycles. The lowest BCUT2D eigenvalue weighted by Crippen LogP contribution is -2.39. The molecule has 2 nitrogen and oxygen atoms in total. The number of unbranched alkanes of at least 4 members (excludes halogenated alkanes) is 2. The van der Waals surface area contributed by atoms with Crippen LogP contribution in [0.3, 0.4) is 0 Å². The van der Waals surface area contributed by atoms with Gasteiger partial charge in [-0.25, -0.2) is 0 Å². The topological polar surface area (TPSA) is 32.3 Å². The van der Waals surface area contributed by atoms with Crippen molar-refractivity contribution in [3.05, 3.63) is 34.9 Å². The van der Waals surface area contributed by atoms with Gasteiger partial charge < -0.3 is 10.4 Å². The highest BCUT2D eigenvalue weighted by Gasteiger charge is 2.23. The molecule has 0 saturated carbocycles. The monoisotopic (exact) mass is 283 g/mol. The third-order valence-corrected chi connectivity index (χ3v) is 3.68. The van der Waals surface area contributed by atoms with Gasteiger partial charge in [-0.1, -0.05) is 57.3 Å². The summed E-state index contributed by atoms with van der Waals surface area (Å²) in [6, 6.07) is 7.54. The highest BCUT2D eigenvalue weighted by Crippen LogP contribution is 2.23. The van der Waals surface area contributed by atoms with Crippen LogP contribution >= 0.6 is 11.6 Å². The van der Waals surface area contributed by atoms with Crippen LogP contribution in [0, 0.1) is 5.92 Å². The zero-order valence-corrected chi connectivity index (χ0v) is 13.0. The lowest BCUT2D eigenvalue weighted by Gasteiger charge is -2.28. The summed E-state index contributed by atoms with van der Waals surface area (Å²) < 4.78 is 0.